The van der Waals surface area contributed by atoms with Gasteiger partial charge in [-0.05, 0) is 45.0 Å². The van der Waals surface area contributed by atoms with E-state index in [4.69, 9.17) is 0 Å². The summed E-state index contributed by atoms with van der Waals surface area (Å²) in [7, 11) is 4.04. The molecule has 21 heavy (non-hydrogen) atoms. The Balaban J connectivity index is 2.17. The molecule has 1 saturated heterocycles. The number of likely N-dealkylation sites (tertiary alicyclic amines) is 1. The van der Waals surface area contributed by atoms with Crippen LogP contribution in [0.5, 0.6) is 0 Å². The molecule has 0 N–H and O–H groups in total. The van der Waals surface area contributed by atoms with Crippen molar-refractivity contribution in [1.82, 2.24) is 4.90 Å². The summed E-state index contributed by atoms with van der Waals surface area (Å²) in [6.07, 6.45) is 1.15. The highest BCUT2D eigenvalue weighted by atomic mass is 16.6. The van der Waals surface area contributed by atoms with Gasteiger partial charge in [-0.1, -0.05) is 0 Å². The maximum atomic E-state index is 11.4. The van der Waals surface area contributed by atoms with Crippen LogP contribution in [-0.2, 0) is 0 Å². The summed E-state index contributed by atoms with van der Waals surface area (Å²) in [5.41, 5.74) is 0.828. The van der Waals surface area contributed by atoms with E-state index < -0.39 is 4.92 Å². The third-order valence-electron chi connectivity index (χ3n) is 4.02. The topological polar surface area (TPSA) is 66.7 Å². The molecule has 0 bridgehead atoms. The Bertz CT molecular complexity index is 559. The standard InChI is InChI=1S/C15H21N3O3/c1-11(19)14-5-4-13(8-15(14)18(20)21)17(3)10-12-6-7-16(2)9-12/h4-5,8,12H,6-7,9-10H2,1-3H3. The summed E-state index contributed by atoms with van der Waals surface area (Å²) in [5, 5.41) is 11.1. The lowest BCUT2D eigenvalue weighted by Gasteiger charge is -2.23. The van der Waals surface area contributed by atoms with Crippen LogP contribution in [0.3, 0.4) is 0 Å². The van der Waals surface area contributed by atoms with Crippen molar-refractivity contribution in [3.63, 3.8) is 0 Å². The van der Waals surface area contributed by atoms with Gasteiger partial charge in [0.15, 0.2) is 5.78 Å². The lowest BCUT2D eigenvalue weighted by atomic mass is 10.1. The number of nitrogens with zero attached hydrogens (tertiary/aromatic N) is 3. The van der Waals surface area contributed by atoms with E-state index in [0.29, 0.717) is 5.92 Å². The molecular formula is C15H21N3O3. The molecule has 1 fully saturated rings. The van der Waals surface area contributed by atoms with Gasteiger partial charge in [0.2, 0.25) is 0 Å². The van der Waals surface area contributed by atoms with Gasteiger partial charge >= 0.3 is 0 Å². The predicted molar refractivity (Wildman–Crippen MR) is 82.0 cm³/mol. The molecule has 6 heteroatoms. The van der Waals surface area contributed by atoms with Crippen LogP contribution >= 0.6 is 0 Å². The first-order valence-corrected chi connectivity index (χ1v) is 7.07. The second-order valence-corrected chi connectivity index (χ2v) is 5.81. The molecule has 0 aliphatic carbocycles. The zero-order valence-corrected chi connectivity index (χ0v) is 12.7. The number of benzene rings is 1. The van der Waals surface area contributed by atoms with Gasteiger partial charge in [0, 0.05) is 31.9 Å². The summed E-state index contributed by atoms with van der Waals surface area (Å²) in [6.45, 7) is 4.36. The van der Waals surface area contributed by atoms with Gasteiger partial charge in [-0.3, -0.25) is 14.9 Å². The molecule has 1 aromatic rings. The van der Waals surface area contributed by atoms with Crippen molar-refractivity contribution >= 4 is 17.2 Å². The minimum atomic E-state index is -0.489. The van der Waals surface area contributed by atoms with Crippen LogP contribution in [0, 0.1) is 16.0 Å². The van der Waals surface area contributed by atoms with E-state index in [-0.39, 0.29) is 17.0 Å². The number of ketones is 1. The van der Waals surface area contributed by atoms with Gasteiger partial charge in [0.1, 0.15) is 0 Å². The monoisotopic (exact) mass is 291 g/mol. The van der Waals surface area contributed by atoms with Crippen molar-refractivity contribution in [3.8, 4) is 0 Å². The number of rotatable bonds is 5. The number of anilines is 1. The number of hydrogen-bond acceptors (Lipinski definition) is 5. The summed E-state index contributed by atoms with van der Waals surface area (Å²) in [4.78, 5) is 26.4. The molecule has 1 aromatic carbocycles. The smallest absolute Gasteiger partial charge is 0.282 e. The Morgan fingerprint density at radius 1 is 1.52 bits per heavy atom. The van der Waals surface area contributed by atoms with Gasteiger partial charge in [-0.15, -0.1) is 0 Å². The highest BCUT2D eigenvalue weighted by Crippen LogP contribution is 2.27. The first-order chi connectivity index (χ1) is 9.88. The highest BCUT2D eigenvalue weighted by molar-refractivity contribution is 5.98. The van der Waals surface area contributed by atoms with E-state index in [2.05, 4.69) is 11.9 Å². The molecule has 0 radical (unpaired) electrons. The maximum Gasteiger partial charge on any atom is 0.282 e. The molecule has 0 saturated carbocycles. The average molecular weight is 291 g/mol. The van der Waals surface area contributed by atoms with E-state index in [0.717, 1.165) is 31.7 Å². The van der Waals surface area contributed by atoms with Crippen LogP contribution in [0.1, 0.15) is 23.7 Å². The minimum Gasteiger partial charge on any atom is -0.374 e. The molecule has 6 nitrogen and oxygen atoms in total. The Morgan fingerprint density at radius 3 is 2.76 bits per heavy atom. The molecule has 1 unspecified atom stereocenters. The van der Waals surface area contributed by atoms with Crippen LogP contribution in [0.4, 0.5) is 11.4 Å². The molecule has 1 aliphatic rings. The normalized spacial score (nSPS) is 18.7. The van der Waals surface area contributed by atoms with Crippen molar-refractivity contribution in [2.75, 3.05) is 38.6 Å². The Hall–Kier alpha value is -1.95. The Morgan fingerprint density at radius 2 is 2.24 bits per heavy atom. The van der Waals surface area contributed by atoms with Crippen molar-refractivity contribution in [3.05, 3.63) is 33.9 Å². The van der Waals surface area contributed by atoms with E-state index in [1.165, 1.54) is 13.0 Å². The summed E-state index contributed by atoms with van der Waals surface area (Å²) in [6, 6.07) is 4.82. The minimum absolute atomic E-state index is 0.115. The van der Waals surface area contributed by atoms with E-state index in [1.54, 1.807) is 12.1 Å². The fourth-order valence-electron chi connectivity index (χ4n) is 2.87. The molecule has 2 rings (SSSR count). The third-order valence-corrected chi connectivity index (χ3v) is 4.02. The van der Waals surface area contributed by atoms with Crippen LogP contribution < -0.4 is 4.90 Å². The third kappa shape index (κ3) is 3.58. The number of carbonyl (C=O) groups is 1. The first kappa shape index (κ1) is 15.4. The Kier molecular flexibility index (Phi) is 4.57. The molecule has 1 atom stereocenters. The van der Waals surface area contributed by atoms with Crippen LogP contribution in [-0.4, -0.2) is 49.3 Å². The highest BCUT2D eigenvalue weighted by Gasteiger charge is 2.23. The fourth-order valence-corrected chi connectivity index (χ4v) is 2.87. The molecule has 0 spiro atoms. The number of nitro benzene ring substituents is 1. The molecule has 1 heterocycles. The van der Waals surface area contributed by atoms with Crippen molar-refractivity contribution in [1.29, 1.82) is 0 Å². The van der Waals surface area contributed by atoms with Crippen molar-refractivity contribution < 1.29 is 9.72 Å². The maximum absolute atomic E-state index is 11.4. The number of Topliss-reactive ketones (excluding diaryl/α,β-unsaturated/α-hetero) is 1. The van der Waals surface area contributed by atoms with Crippen LogP contribution in [0.15, 0.2) is 18.2 Å². The Labute approximate surface area is 124 Å². The van der Waals surface area contributed by atoms with Gasteiger partial charge in [0.05, 0.1) is 10.5 Å². The number of carbonyl (C=O) groups excluding carboxylic acids is 1. The van der Waals surface area contributed by atoms with E-state index in [9.17, 15) is 14.9 Å². The SMILES string of the molecule is CC(=O)c1ccc(N(C)CC2CCN(C)C2)cc1[N+](=O)[O-]. The van der Waals surface area contributed by atoms with Gasteiger partial charge in [0.25, 0.3) is 5.69 Å². The first-order valence-electron chi connectivity index (χ1n) is 7.07. The summed E-state index contributed by atoms with van der Waals surface area (Å²) >= 11 is 0. The zero-order valence-electron chi connectivity index (χ0n) is 12.7. The second-order valence-electron chi connectivity index (χ2n) is 5.81. The van der Waals surface area contributed by atoms with Crippen molar-refractivity contribution in [2.24, 2.45) is 5.92 Å². The van der Waals surface area contributed by atoms with Crippen molar-refractivity contribution in [2.45, 2.75) is 13.3 Å². The van der Waals surface area contributed by atoms with E-state index >= 15 is 0 Å². The van der Waals surface area contributed by atoms with Crippen LogP contribution in [0.25, 0.3) is 0 Å². The summed E-state index contributed by atoms with van der Waals surface area (Å²) < 4.78 is 0. The average Bonchev–Trinajstić information content (AvgIpc) is 2.83. The lowest BCUT2D eigenvalue weighted by molar-refractivity contribution is -0.385. The fraction of sp³-hybridized carbons (Fsp3) is 0.533. The largest absolute Gasteiger partial charge is 0.374 e. The lowest BCUT2D eigenvalue weighted by Crippen LogP contribution is -2.27. The number of nitro groups is 1. The van der Waals surface area contributed by atoms with Gasteiger partial charge in [-0.2, -0.15) is 0 Å². The molecule has 1 aliphatic heterocycles. The summed E-state index contributed by atoms with van der Waals surface area (Å²) in [5.74, 6) is 0.292. The quantitative estimate of drug-likeness (QED) is 0.472. The zero-order chi connectivity index (χ0) is 15.6. The van der Waals surface area contributed by atoms with E-state index in [1.807, 2.05) is 11.9 Å². The molecule has 0 amide bonds. The molecule has 114 valence electrons. The number of hydrogen-bond donors (Lipinski definition) is 0. The molecular weight excluding hydrogens is 270 g/mol. The molecule has 0 aromatic heterocycles. The van der Waals surface area contributed by atoms with Gasteiger partial charge in [-0.25, -0.2) is 0 Å². The van der Waals surface area contributed by atoms with Gasteiger partial charge < -0.3 is 9.80 Å². The second kappa shape index (κ2) is 6.22. The van der Waals surface area contributed by atoms with Crippen LogP contribution in [0.2, 0.25) is 0 Å². The predicted octanol–water partition coefficient (Wildman–Crippen LogP) is 2.19.